The molecule has 2 atom stereocenters. The Morgan fingerprint density at radius 3 is 2.64 bits per heavy atom. The number of carbonyl (C=O) groups excluding carboxylic acids is 2. The summed E-state index contributed by atoms with van der Waals surface area (Å²) in [6.45, 7) is 6.06. The molecule has 2 aromatic rings. The molecule has 7 nitrogen and oxygen atoms in total. The van der Waals surface area contributed by atoms with Crippen molar-refractivity contribution in [2.24, 2.45) is 0 Å². The zero-order valence-corrected chi connectivity index (χ0v) is 15.1. The Morgan fingerprint density at radius 1 is 1.24 bits per heavy atom. The van der Waals surface area contributed by atoms with Gasteiger partial charge in [0.1, 0.15) is 6.04 Å². The van der Waals surface area contributed by atoms with Gasteiger partial charge in [-0.1, -0.05) is 12.1 Å². The molecule has 0 aliphatic carbocycles. The third kappa shape index (κ3) is 4.82. The van der Waals surface area contributed by atoms with Gasteiger partial charge in [-0.15, -0.1) is 0 Å². The number of urea groups is 1. The molecule has 2 rings (SSSR count). The van der Waals surface area contributed by atoms with Crippen molar-refractivity contribution in [3.63, 3.8) is 0 Å². The van der Waals surface area contributed by atoms with Gasteiger partial charge in [0.2, 0.25) is 5.91 Å². The molecule has 0 saturated heterocycles. The van der Waals surface area contributed by atoms with Crippen molar-refractivity contribution in [2.75, 3.05) is 13.6 Å². The van der Waals surface area contributed by atoms with Crippen molar-refractivity contribution in [3.8, 4) is 5.69 Å². The van der Waals surface area contributed by atoms with E-state index < -0.39 is 6.04 Å². The van der Waals surface area contributed by atoms with Crippen LogP contribution in [0.15, 0.2) is 42.7 Å². The molecule has 0 unspecified atom stereocenters. The molecule has 25 heavy (non-hydrogen) atoms. The van der Waals surface area contributed by atoms with E-state index in [1.54, 1.807) is 29.7 Å². The molecule has 0 spiro atoms. The molecule has 1 heterocycles. The van der Waals surface area contributed by atoms with Gasteiger partial charge < -0.3 is 15.5 Å². The number of carbonyl (C=O) groups is 2. The van der Waals surface area contributed by atoms with Gasteiger partial charge in [0.15, 0.2) is 0 Å². The molecular formula is C18H25N5O2. The molecule has 1 aromatic carbocycles. The second-order valence-corrected chi connectivity index (χ2v) is 5.96. The van der Waals surface area contributed by atoms with Crippen LogP contribution in [0.3, 0.4) is 0 Å². The largest absolute Gasteiger partial charge is 0.344 e. The van der Waals surface area contributed by atoms with Gasteiger partial charge in [-0.2, -0.15) is 5.10 Å². The minimum absolute atomic E-state index is 0.119. The number of hydrogen-bond acceptors (Lipinski definition) is 3. The van der Waals surface area contributed by atoms with Crippen LogP contribution in [0, 0.1) is 0 Å². The van der Waals surface area contributed by atoms with Crippen molar-refractivity contribution in [1.82, 2.24) is 25.3 Å². The highest BCUT2D eigenvalue weighted by molar-refractivity contribution is 5.86. The Kier molecular flexibility index (Phi) is 6.16. The molecule has 1 aromatic heterocycles. The van der Waals surface area contributed by atoms with Crippen molar-refractivity contribution in [3.05, 3.63) is 48.3 Å². The minimum Gasteiger partial charge on any atom is -0.344 e. The molecule has 134 valence electrons. The molecule has 0 saturated carbocycles. The van der Waals surface area contributed by atoms with Gasteiger partial charge >= 0.3 is 6.03 Å². The predicted molar refractivity (Wildman–Crippen MR) is 96.4 cm³/mol. The number of nitrogens with zero attached hydrogens (tertiary/aromatic N) is 3. The molecule has 0 aliphatic rings. The first-order valence-electron chi connectivity index (χ1n) is 8.34. The first-order valence-corrected chi connectivity index (χ1v) is 8.34. The number of benzene rings is 1. The second kappa shape index (κ2) is 8.32. The summed E-state index contributed by atoms with van der Waals surface area (Å²) in [6, 6.07) is 8.48. The Hall–Kier alpha value is -2.83. The van der Waals surface area contributed by atoms with Crippen LogP contribution in [-0.4, -0.2) is 46.3 Å². The van der Waals surface area contributed by atoms with Crippen molar-refractivity contribution < 1.29 is 9.59 Å². The van der Waals surface area contributed by atoms with Gasteiger partial charge in [0.25, 0.3) is 0 Å². The van der Waals surface area contributed by atoms with Crippen LogP contribution in [0.5, 0.6) is 0 Å². The quantitative estimate of drug-likeness (QED) is 0.843. The van der Waals surface area contributed by atoms with Gasteiger partial charge in [-0.25, -0.2) is 9.48 Å². The Labute approximate surface area is 148 Å². The van der Waals surface area contributed by atoms with E-state index in [1.165, 1.54) is 0 Å². The molecule has 2 N–H and O–H groups in total. The number of aromatic nitrogens is 2. The molecule has 7 heteroatoms. The SMILES string of the molecule is CCN(C)C(=O)[C@@H](C)NC(=O)N[C@H](C)c1cccc(-n2cccn2)c1. The van der Waals surface area contributed by atoms with Crippen LogP contribution in [-0.2, 0) is 4.79 Å². The third-order valence-electron chi connectivity index (χ3n) is 4.06. The molecule has 0 radical (unpaired) electrons. The summed E-state index contributed by atoms with van der Waals surface area (Å²) < 4.78 is 1.76. The fourth-order valence-corrected chi connectivity index (χ4v) is 2.42. The molecular weight excluding hydrogens is 318 g/mol. The maximum Gasteiger partial charge on any atom is 0.315 e. The van der Waals surface area contributed by atoms with Crippen molar-refractivity contribution in [1.29, 1.82) is 0 Å². The summed E-state index contributed by atoms with van der Waals surface area (Å²) in [5, 5.41) is 9.75. The van der Waals surface area contributed by atoms with Crippen LogP contribution in [0.25, 0.3) is 5.69 Å². The normalized spacial score (nSPS) is 13.0. The van der Waals surface area contributed by atoms with Gasteiger partial charge in [-0.05, 0) is 44.5 Å². The Bertz CT molecular complexity index is 714. The van der Waals surface area contributed by atoms with E-state index in [-0.39, 0.29) is 18.0 Å². The minimum atomic E-state index is -0.576. The van der Waals surface area contributed by atoms with E-state index in [0.717, 1.165) is 11.3 Å². The first kappa shape index (κ1) is 18.5. The average Bonchev–Trinajstić information content (AvgIpc) is 3.14. The van der Waals surface area contributed by atoms with Crippen LogP contribution in [0.4, 0.5) is 4.79 Å². The number of amides is 3. The summed E-state index contributed by atoms with van der Waals surface area (Å²) in [5.74, 6) is -0.119. The maximum absolute atomic E-state index is 12.2. The average molecular weight is 343 g/mol. The third-order valence-corrected chi connectivity index (χ3v) is 4.06. The zero-order valence-electron chi connectivity index (χ0n) is 15.1. The monoisotopic (exact) mass is 343 g/mol. The second-order valence-electron chi connectivity index (χ2n) is 5.96. The van der Waals surface area contributed by atoms with E-state index in [4.69, 9.17) is 0 Å². The summed E-state index contributed by atoms with van der Waals surface area (Å²) in [5.41, 5.74) is 1.87. The summed E-state index contributed by atoms with van der Waals surface area (Å²) in [7, 11) is 1.71. The van der Waals surface area contributed by atoms with Crippen LogP contribution in [0.1, 0.15) is 32.4 Å². The van der Waals surface area contributed by atoms with Gasteiger partial charge in [-0.3, -0.25) is 4.79 Å². The molecule has 0 bridgehead atoms. The Balaban J connectivity index is 1.97. The summed E-state index contributed by atoms with van der Waals surface area (Å²) in [4.78, 5) is 25.7. The summed E-state index contributed by atoms with van der Waals surface area (Å²) in [6.07, 6.45) is 3.58. The van der Waals surface area contributed by atoms with Crippen molar-refractivity contribution >= 4 is 11.9 Å². The van der Waals surface area contributed by atoms with Gasteiger partial charge in [0, 0.05) is 26.0 Å². The lowest BCUT2D eigenvalue weighted by Crippen LogP contribution is -2.49. The molecule has 3 amide bonds. The number of likely N-dealkylation sites (N-methyl/N-ethyl adjacent to an activating group) is 1. The topological polar surface area (TPSA) is 79.3 Å². The first-order chi connectivity index (χ1) is 11.9. The summed E-state index contributed by atoms with van der Waals surface area (Å²) >= 11 is 0. The smallest absolute Gasteiger partial charge is 0.315 e. The van der Waals surface area contributed by atoms with Crippen LogP contribution < -0.4 is 10.6 Å². The molecule has 0 fully saturated rings. The van der Waals surface area contributed by atoms with E-state index in [0.29, 0.717) is 6.54 Å². The number of nitrogens with one attached hydrogen (secondary N) is 2. The highest BCUT2D eigenvalue weighted by Gasteiger charge is 2.19. The lowest BCUT2D eigenvalue weighted by atomic mass is 10.1. The standard InChI is InChI=1S/C18H25N5O2/c1-5-22(4)17(24)14(3)21-18(25)20-13(2)15-8-6-9-16(12-15)23-11-7-10-19-23/h6-14H,5H2,1-4H3,(H2,20,21,25)/t13-,14-/m1/s1. The number of hydrogen-bond donors (Lipinski definition) is 2. The van der Waals surface area contributed by atoms with Gasteiger partial charge in [0.05, 0.1) is 11.7 Å². The predicted octanol–water partition coefficient (Wildman–Crippen LogP) is 2.10. The van der Waals surface area contributed by atoms with Crippen molar-refractivity contribution in [2.45, 2.75) is 32.9 Å². The fourth-order valence-electron chi connectivity index (χ4n) is 2.42. The van der Waals surface area contributed by atoms with E-state index in [2.05, 4.69) is 15.7 Å². The highest BCUT2D eigenvalue weighted by Crippen LogP contribution is 2.16. The lowest BCUT2D eigenvalue weighted by molar-refractivity contribution is -0.131. The van der Waals surface area contributed by atoms with E-state index in [1.807, 2.05) is 50.4 Å². The van der Waals surface area contributed by atoms with E-state index >= 15 is 0 Å². The maximum atomic E-state index is 12.2. The number of rotatable bonds is 6. The van der Waals surface area contributed by atoms with E-state index in [9.17, 15) is 9.59 Å². The highest BCUT2D eigenvalue weighted by atomic mass is 16.2. The Morgan fingerprint density at radius 2 is 2.00 bits per heavy atom. The molecule has 0 aliphatic heterocycles. The van der Waals surface area contributed by atoms with Crippen LogP contribution >= 0.6 is 0 Å². The zero-order chi connectivity index (χ0) is 18.4. The van der Waals surface area contributed by atoms with Crippen LogP contribution in [0.2, 0.25) is 0 Å². The lowest BCUT2D eigenvalue weighted by Gasteiger charge is -2.22. The fraction of sp³-hybridized carbons (Fsp3) is 0.389.